The van der Waals surface area contributed by atoms with E-state index in [1.807, 2.05) is 12.1 Å². The number of amides is 2. The van der Waals surface area contributed by atoms with Crippen molar-refractivity contribution in [2.75, 3.05) is 24.6 Å². The van der Waals surface area contributed by atoms with E-state index in [4.69, 9.17) is 4.74 Å². The van der Waals surface area contributed by atoms with Gasteiger partial charge in [0.15, 0.2) is 5.13 Å². The summed E-state index contributed by atoms with van der Waals surface area (Å²) >= 11 is 1.20. The van der Waals surface area contributed by atoms with Crippen molar-refractivity contribution < 1.29 is 14.3 Å². The van der Waals surface area contributed by atoms with Crippen LogP contribution in [-0.4, -0.2) is 46.6 Å². The maximum atomic E-state index is 12.6. The highest BCUT2D eigenvalue weighted by atomic mass is 32.1. The van der Waals surface area contributed by atoms with Gasteiger partial charge >= 0.3 is 12.0 Å². The van der Waals surface area contributed by atoms with Gasteiger partial charge in [0, 0.05) is 32.0 Å². The van der Waals surface area contributed by atoms with Crippen LogP contribution in [0.3, 0.4) is 0 Å². The first-order chi connectivity index (χ1) is 11.6. The number of aryl methyl sites for hydroxylation is 1. The number of carbonyl (C=O) groups is 2. The van der Waals surface area contributed by atoms with Crippen molar-refractivity contribution in [3.63, 3.8) is 0 Å². The maximum Gasteiger partial charge on any atom is 0.350 e. The van der Waals surface area contributed by atoms with Gasteiger partial charge in [-0.3, -0.25) is 9.88 Å². The minimum Gasteiger partial charge on any atom is -0.462 e. The molecule has 3 rings (SSSR count). The summed E-state index contributed by atoms with van der Waals surface area (Å²) in [6.07, 6.45) is 3.42. The SMILES string of the molecule is CCOC(=O)c1sc(N2CCN(Cc3ccncc3)C2=O)nc1C. The average molecular weight is 346 g/mol. The van der Waals surface area contributed by atoms with Crippen molar-refractivity contribution in [1.29, 1.82) is 0 Å². The van der Waals surface area contributed by atoms with E-state index in [0.29, 0.717) is 41.9 Å². The molecule has 1 aliphatic rings. The average Bonchev–Trinajstić information content (AvgIpc) is 3.12. The first kappa shape index (κ1) is 16.4. The standard InChI is InChI=1S/C16H18N4O3S/c1-3-23-14(21)13-11(2)18-15(24-13)20-9-8-19(16(20)22)10-12-4-6-17-7-5-12/h4-7H,3,8-10H2,1-2H3. The van der Waals surface area contributed by atoms with E-state index in [-0.39, 0.29) is 12.0 Å². The highest BCUT2D eigenvalue weighted by Crippen LogP contribution is 2.29. The number of hydrogen-bond acceptors (Lipinski definition) is 6. The van der Waals surface area contributed by atoms with Crippen LogP contribution in [0.25, 0.3) is 0 Å². The summed E-state index contributed by atoms with van der Waals surface area (Å²) in [4.78, 5) is 36.7. The summed E-state index contributed by atoms with van der Waals surface area (Å²) in [5.41, 5.74) is 1.62. The van der Waals surface area contributed by atoms with Crippen LogP contribution >= 0.6 is 11.3 Å². The van der Waals surface area contributed by atoms with Gasteiger partial charge in [-0.15, -0.1) is 0 Å². The maximum absolute atomic E-state index is 12.6. The smallest absolute Gasteiger partial charge is 0.350 e. The lowest BCUT2D eigenvalue weighted by molar-refractivity contribution is 0.0531. The van der Waals surface area contributed by atoms with Crippen LogP contribution in [0.4, 0.5) is 9.93 Å². The Hall–Kier alpha value is -2.48. The molecule has 1 aliphatic heterocycles. The van der Waals surface area contributed by atoms with Gasteiger partial charge in [0.2, 0.25) is 0 Å². The van der Waals surface area contributed by atoms with Crippen LogP contribution in [0.15, 0.2) is 24.5 Å². The van der Waals surface area contributed by atoms with Crippen molar-refractivity contribution in [1.82, 2.24) is 14.9 Å². The highest BCUT2D eigenvalue weighted by Gasteiger charge is 2.32. The number of hydrogen-bond donors (Lipinski definition) is 0. The third-order valence-corrected chi connectivity index (χ3v) is 4.86. The van der Waals surface area contributed by atoms with Crippen LogP contribution in [0.2, 0.25) is 0 Å². The number of rotatable bonds is 5. The van der Waals surface area contributed by atoms with Crippen LogP contribution < -0.4 is 4.90 Å². The molecule has 2 amide bonds. The number of anilines is 1. The fraction of sp³-hybridized carbons (Fsp3) is 0.375. The minimum atomic E-state index is -0.390. The first-order valence-corrected chi connectivity index (χ1v) is 8.51. The summed E-state index contributed by atoms with van der Waals surface area (Å²) in [5, 5.41) is 0.540. The molecule has 126 valence electrons. The zero-order chi connectivity index (χ0) is 17.1. The Balaban J connectivity index is 1.73. The van der Waals surface area contributed by atoms with Gasteiger partial charge < -0.3 is 9.64 Å². The van der Waals surface area contributed by atoms with E-state index in [2.05, 4.69) is 9.97 Å². The largest absolute Gasteiger partial charge is 0.462 e. The predicted molar refractivity (Wildman–Crippen MR) is 90.2 cm³/mol. The Labute approximate surface area is 143 Å². The molecule has 0 N–H and O–H groups in total. The van der Waals surface area contributed by atoms with Gasteiger partial charge in [0.05, 0.1) is 12.3 Å². The second kappa shape index (κ2) is 6.96. The molecule has 1 saturated heterocycles. The first-order valence-electron chi connectivity index (χ1n) is 7.70. The molecule has 3 heterocycles. The minimum absolute atomic E-state index is 0.101. The number of pyridine rings is 1. The number of thiazole rings is 1. The molecule has 7 nitrogen and oxygen atoms in total. The Morgan fingerprint density at radius 1 is 1.33 bits per heavy atom. The van der Waals surface area contributed by atoms with Crippen molar-refractivity contribution in [2.24, 2.45) is 0 Å². The van der Waals surface area contributed by atoms with Crippen LogP contribution in [0, 0.1) is 6.92 Å². The molecule has 0 aliphatic carbocycles. The predicted octanol–water partition coefficient (Wildman–Crippen LogP) is 2.47. The number of aromatic nitrogens is 2. The normalized spacial score (nSPS) is 14.3. The second-order valence-electron chi connectivity index (χ2n) is 5.34. The molecule has 8 heteroatoms. The fourth-order valence-electron chi connectivity index (χ4n) is 2.50. The number of urea groups is 1. The van der Waals surface area contributed by atoms with Crippen molar-refractivity contribution in [3.8, 4) is 0 Å². The third kappa shape index (κ3) is 3.23. The topological polar surface area (TPSA) is 75.6 Å². The molecule has 24 heavy (non-hydrogen) atoms. The number of carbonyl (C=O) groups excluding carboxylic acids is 2. The lowest BCUT2D eigenvalue weighted by Gasteiger charge is -2.16. The van der Waals surface area contributed by atoms with Crippen molar-refractivity contribution in [2.45, 2.75) is 20.4 Å². The Bertz CT molecular complexity index is 747. The lowest BCUT2D eigenvalue weighted by Crippen LogP contribution is -2.31. The highest BCUT2D eigenvalue weighted by molar-refractivity contribution is 7.17. The molecule has 0 atom stereocenters. The van der Waals surface area contributed by atoms with E-state index in [9.17, 15) is 9.59 Å². The van der Waals surface area contributed by atoms with E-state index in [1.165, 1.54) is 11.3 Å². The number of ether oxygens (including phenoxy) is 1. The fourth-order valence-corrected chi connectivity index (χ4v) is 3.48. The van der Waals surface area contributed by atoms with Gasteiger partial charge in [-0.2, -0.15) is 0 Å². The van der Waals surface area contributed by atoms with Crippen LogP contribution in [0.1, 0.15) is 27.9 Å². The number of esters is 1. The zero-order valence-corrected chi connectivity index (χ0v) is 14.4. The zero-order valence-electron chi connectivity index (χ0n) is 13.6. The quantitative estimate of drug-likeness (QED) is 0.778. The van der Waals surface area contributed by atoms with Gasteiger partial charge in [-0.25, -0.2) is 14.6 Å². The van der Waals surface area contributed by atoms with Gasteiger partial charge in [-0.05, 0) is 31.5 Å². The second-order valence-corrected chi connectivity index (χ2v) is 6.32. The van der Waals surface area contributed by atoms with Crippen molar-refractivity contribution >= 4 is 28.5 Å². The molecule has 2 aromatic heterocycles. The van der Waals surface area contributed by atoms with Crippen LogP contribution in [-0.2, 0) is 11.3 Å². The van der Waals surface area contributed by atoms with E-state index < -0.39 is 0 Å². The Kier molecular flexibility index (Phi) is 4.75. The summed E-state index contributed by atoms with van der Waals surface area (Å²) in [6.45, 7) is 5.53. The van der Waals surface area contributed by atoms with E-state index in [0.717, 1.165) is 5.56 Å². The van der Waals surface area contributed by atoms with Gasteiger partial charge in [0.25, 0.3) is 0 Å². The summed E-state index contributed by atoms with van der Waals surface area (Å²) in [7, 11) is 0. The Morgan fingerprint density at radius 3 is 2.79 bits per heavy atom. The number of nitrogens with zero attached hydrogens (tertiary/aromatic N) is 4. The molecule has 0 bridgehead atoms. The summed E-state index contributed by atoms with van der Waals surface area (Å²) < 4.78 is 5.02. The monoisotopic (exact) mass is 346 g/mol. The van der Waals surface area contributed by atoms with Crippen LogP contribution in [0.5, 0.6) is 0 Å². The summed E-state index contributed by atoms with van der Waals surface area (Å²) in [5.74, 6) is -0.390. The Morgan fingerprint density at radius 2 is 2.08 bits per heavy atom. The summed E-state index contributed by atoms with van der Waals surface area (Å²) in [6, 6.07) is 3.68. The van der Waals surface area contributed by atoms with Gasteiger partial charge in [0.1, 0.15) is 4.88 Å². The molecule has 0 aromatic carbocycles. The molecule has 0 saturated carbocycles. The lowest BCUT2D eigenvalue weighted by atomic mass is 10.2. The third-order valence-electron chi connectivity index (χ3n) is 3.69. The van der Waals surface area contributed by atoms with Gasteiger partial charge in [-0.1, -0.05) is 11.3 Å². The van der Waals surface area contributed by atoms with Crippen molar-refractivity contribution in [3.05, 3.63) is 40.7 Å². The molecule has 0 radical (unpaired) electrons. The molecular weight excluding hydrogens is 328 g/mol. The molecule has 0 unspecified atom stereocenters. The molecule has 2 aromatic rings. The van der Waals surface area contributed by atoms with E-state index >= 15 is 0 Å². The molecular formula is C16H18N4O3S. The molecule has 0 spiro atoms. The molecule has 1 fully saturated rings. The van der Waals surface area contributed by atoms with E-state index in [1.54, 1.807) is 36.0 Å².